The second kappa shape index (κ2) is 14.1. The summed E-state index contributed by atoms with van der Waals surface area (Å²) < 4.78 is 10.6. The van der Waals surface area contributed by atoms with Crippen molar-refractivity contribution >= 4 is 23.5 Å². The zero-order chi connectivity index (χ0) is 27.3. The molecule has 3 N–H and O–H groups in total. The average molecular weight is 519 g/mol. The predicted octanol–water partition coefficient (Wildman–Crippen LogP) is 1.59. The lowest BCUT2D eigenvalue weighted by Crippen LogP contribution is -2.54. The van der Waals surface area contributed by atoms with Crippen molar-refractivity contribution in [2.75, 3.05) is 13.7 Å². The van der Waals surface area contributed by atoms with Crippen LogP contribution in [0, 0.1) is 0 Å². The number of hydrogen-bond acceptors (Lipinski definition) is 7. The molecule has 198 valence electrons. The summed E-state index contributed by atoms with van der Waals surface area (Å²) >= 11 is 0. The Kier molecular flexibility index (Phi) is 10.3. The Morgan fingerprint density at radius 3 is 2.34 bits per heavy atom. The van der Waals surface area contributed by atoms with Gasteiger partial charge in [0.15, 0.2) is 6.61 Å². The maximum Gasteiger partial charge on any atom is 0.289 e. The van der Waals surface area contributed by atoms with E-state index in [4.69, 9.17) is 9.47 Å². The minimum atomic E-state index is -1.14. The molecule has 0 saturated carbocycles. The lowest BCUT2D eigenvalue weighted by molar-refractivity contribution is -0.140. The number of ether oxygens (including phenoxy) is 2. The number of benzene rings is 2. The highest BCUT2D eigenvalue weighted by atomic mass is 16.5. The van der Waals surface area contributed by atoms with Crippen molar-refractivity contribution in [1.82, 2.24) is 20.9 Å². The smallest absolute Gasteiger partial charge is 0.289 e. The number of carbonyl (C=O) groups is 4. The average Bonchev–Trinajstić information content (AvgIpc) is 2.95. The largest absolute Gasteiger partial charge is 0.497 e. The molecule has 0 spiro atoms. The topological polar surface area (TPSA) is 136 Å². The van der Waals surface area contributed by atoms with Crippen LogP contribution in [0.25, 0.3) is 0 Å². The molecule has 0 aliphatic carbocycles. The fraction of sp³-hybridized carbons (Fsp3) is 0.250. The second-order valence-electron chi connectivity index (χ2n) is 8.38. The fourth-order valence-corrected chi connectivity index (χ4v) is 3.46. The van der Waals surface area contributed by atoms with Gasteiger partial charge in [-0.15, -0.1) is 0 Å². The molecule has 1 heterocycles. The van der Waals surface area contributed by atoms with Gasteiger partial charge in [-0.05, 0) is 36.8 Å². The highest BCUT2D eigenvalue weighted by molar-refractivity contribution is 6.38. The zero-order valence-electron chi connectivity index (χ0n) is 21.2. The number of nitrogens with zero attached hydrogens (tertiary/aromatic N) is 1. The van der Waals surface area contributed by atoms with Crippen LogP contribution in [-0.2, 0) is 32.1 Å². The molecule has 0 bridgehead atoms. The maximum atomic E-state index is 13.0. The van der Waals surface area contributed by atoms with Crippen LogP contribution >= 0.6 is 0 Å². The molecule has 3 rings (SSSR count). The first-order valence-corrected chi connectivity index (χ1v) is 12.0. The lowest BCUT2D eigenvalue weighted by atomic mass is 10.0. The Balaban J connectivity index is 1.58. The number of amides is 3. The van der Waals surface area contributed by atoms with Crippen molar-refractivity contribution in [3.63, 3.8) is 0 Å². The maximum absolute atomic E-state index is 13.0. The summed E-state index contributed by atoms with van der Waals surface area (Å²) in [4.78, 5) is 54.9. The third kappa shape index (κ3) is 8.74. The Morgan fingerprint density at radius 1 is 0.895 bits per heavy atom. The van der Waals surface area contributed by atoms with E-state index in [1.54, 1.807) is 72.9 Å². The Morgan fingerprint density at radius 2 is 1.63 bits per heavy atom. The van der Waals surface area contributed by atoms with Crippen molar-refractivity contribution in [3.05, 3.63) is 90.3 Å². The first-order valence-electron chi connectivity index (χ1n) is 12.0. The molecule has 2 atom stereocenters. The number of aromatic nitrogens is 1. The van der Waals surface area contributed by atoms with Gasteiger partial charge in [-0.1, -0.05) is 42.5 Å². The number of rotatable bonds is 13. The molecule has 3 amide bonds. The van der Waals surface area contributed by atoms with Gasteiger partial charge in [0.25, 0.3) is 11.8 Å². The number of ketones is 1. The first kappa shape index (κ1) is 27.9. The van der Waals surface area contributed by atoms with Gasteiger partial charge in [0, 0.05) is 18.7 Å². The van der Waals surface area contributed by atoms with E-state index < -0.39 is 35.6 Å². The van der Waals surface area contributed by atoms with Crippen molar-refractivity contribution < 1.29 is 28.7 Å². The second-order valence-corrected chi connectivity index (χ2v) is 8.38. The molecule has 10 heteroatoms. The number of hydrogen-bond donors (Lipinski definition) is 3. The van der Waals surface area contributed by atoms with Gasteiger partial charge in [0.05, 0.1) is 19.3 Å². The Hall–Kier alpha value is -4.73. The molecule has 1 aromatic heterocycles. The molecule has 0 aliphatic heterocycles. The van der Waals surface area contributed by atoms with E-state index in [0.717, 1.165) is 5.56 Å². The highest BCUT2D eigenvalue weighted by Crippen LogP contribution is 2.18. The van der Waals surface area contributed by atoms with Crippen LogP contribution in [0.4, 0.5) is 0 Å². The SMILES string of the molecule is COc1cccc(OCC(=O)N[C@H](C)C(=O)N[C@H](Cc2ccccc2)C(=O)C(=O)NCc2ccccn2)c1. The van der Waals surface area contributed by atoms with E-state index in [1.165, 1.54) is 14.0 Å². The summed E-state index contributed by atoms with van der Waals surface area (Å²) in [6.07, 6.45) is 1.68. The third-order valence-electron chi connectivity index (χ3n) is 5.48. The number of carbonyl (C=O) groups excluding carboxylic acids is 4. The van der Waals surface area contributed by atoms with Gasteiger partial charge in [-0.2, -0.15) is 0 Å². The zero-order valence-corrected chi connectivity index (χ0v) is 21.2. The predicted molar refractivity (Wildman–Crippen MR) is 139 cm³/mol. The molecule has 0 radical (unpaired) electrons. The summed E-state index contributed by atoms with van der Waals surface area (Å²) in [5.74, 6) is -1.80. The van der Waals surface area contributed by atoms with Gasteiger partial charge >= 0.3 is 0 Å². The van der Waals surface area contributed by atoms with E-state index in [0.29, 0.717) is 17.2 Å². The van der Waals surface area contributed by atoms with E-state index in [1.807, 2.05) is 6.07 Å². The van der Waals surface area contributed by atoms with Gasteiger partial charge in [-0.3, -0.25) is 24.2 Å². The van der Waals surface area contributed by atoms with Crippen LogP contribution < -0.4 is 25.4 Å². The van der Waals surface area contributed by atoms with Crippen molar-refractivity contribution in [1.29, 1.82) is 0 Å². The van der Waals surface area contributed by atoms with Crippen LogP contribution in [-0.4, -0.2) is 54.3 Å². The highest BCUT2D eigenvalue weighted by Gasteiger charge is 2.29. The molecular weight excluding hydrogens is 488 g/mol. The summed E-state index contributed by atoms with van der Waals surface area (Å²) in [7, 11) is 1.52. The third-order valence-corrected chi connectivity index (χ3v) is 5.48. The number of Topliss-reactive ketones (excluding diaryl/α,β-unsaturated/α-hetero) is 1. The summed E-state index contributed by atoms with van der Waals surface area (Å²) in [5, 5.41) is 7.68. The Labute approximate surface area is 220 Å². The van der Waals surface area contributed by atoms with Crippen LogP contribution in [0.1, 0.15) is 18.2 Å². The van der Waals surface area contributed by atoms with Gasteiger partial charge in [-0.25, -0.2) is 0 Å². The molecule has 0 aliphatic rings. The van der Waals surface area contributed by atoms with Crippen molar-refractivity contribution in [2.24, 2.45) is 0 Å². The molecule has 2 aromatic carbocycles. The molecule has 0 fully saturated rings. The van der Waals surface area contributed by atoms with Gasteiger partial charge in [0.2, 0.25) is 11.7 Å². The lowest BCUT2D eigenvalue weighted by Gasteiger charge is -2.21. The van der Waals surface area contributed by atoms with E-state index >= 15 is 0 Å². The van der Waals surface area contributed by atoms with Gasteiger partial charge in [0.1, 0.15) is 23.6 Å². The summed E-state index contributed by atoms with van der Waals surface area (Å²) in [6.45, 7) is 1.22. The monoisotopic (exact) mass is 518 g/mol. The molecular formula is C28H30N4O6. The van der Waals surface area contributed by atoms with E-state index in [2.05, 4.69) is 20.9 Å². The number of methoxy groups -OCH3 is 1. The first-order chi connectivity index (χ1) is 18.4. The quantitative estimate of drug-likeness (QED) is 0.292. The molecule has 38 heavy (non-hydrogen) atoms. The summed E-state index contributed by atoms with van der Waals surface area (Å²) in [5.41, 5.74) is 1.34. The van der Waals surface area contributed by atoms with E-state index in [-0.39, 0.29) is 19.6 Å². The standard InChI is InChI=1S/C28H30N4O6/c1-19(31-25(33)18-38-23-13-8-12-22(16-23)37-2)27(35)32-24(15-20-9-4-3-5-10-20)26(34)28(36)30-17-21-11-6-7-14-29-21/h3-14,16,19,24H,15,17-18H2,1-2H3,(H,30,36)(H,31,33)(H,32,35)/t19-,24-/m1/s1. The van der Waals surface area contributed by atoms with Crippen LogP contribution in [0.5, 0.6) is 11.5 Å². The van der Waals surface area contributed by atoms with E-state index in [9.17, 15) is 19.2 Å². The Bertz CT molecular complexity index is 1240. The molecule has 3 aromatic rings. The molecule has 10 nitrogen and oxygen atoms in total. The molecule has 0 unspecified atom stereocenters. The van der Waals surface area contributed by atoms with Crippen LogP contribution in [0.2, 0.25) is 0 Å². The molecule has 0 saturated heterocycles. The van der Waals surface area contributed by atoms with Crippen molar-refractivity contribution in [2.45, 2.75) is 32.0 Å². The van der Waals surface area contributed by atoms with Gasteiger partial charge < -0.3 is 25.4 Å². The fourth-order valence-electron chi connectivity index (χ4n) is 3.46. The minimum Gasteiger partial charge on any atom is -0.497 e. The summed E-state index contributed by atoms with van der Waals surface area (Å²) in [6, 6.07) is 18.9. The van der Waals surface area contributed by atoms with Crippen molar-refractivity contribution in [3.8, 4) is 11.5 Å². The normalized spacial score (nSPS) is 11.9. The van der Waals surface area contributed by atoms with Crippen LogP contribution in [0.15, 0.2) is 79.0 Å². The van der Waals surface area contributed by atoms with Crippen LogP contribution in [0.3, 0.4) is 0 Å². The number of pyridine rings is 1. The number of nitrogens with one attached hydrogen (secondary N) is 3. The minimum absolute atomic E-state index is 0.0666.